The number of carbonyl (C=O) groups is 1. The standard InChI is InChI=1S/C10H8N4O3/c11-9-8(10(12)15)7-2-1-6(14(16)17)3-5(7)4-13-9/h1-4H,(H2,11,13)(H2,12,15). The molecule has 0 fully saturated rings. The highest BCUT2D eigenvalue weighted by atomic mass is 16.6. The van der Waals surface area contributed by atoms with Crippen LogP contribution in [0, 0.1) is 10.1 Å². The second-order valence-electron chi connectivity index (χ2n) is 3.41. The summed E-state index contributed by atoms with van der Waals surface area (Å²) >= 11 is 0. The van der Waals surface area contributed by atoms with Gasteiger partial charge in [0.2, 0.25) is 0 Å². The van der Waals surface area contributed by atoms with Gasteiger partial charge in [0.05, 0.1) is 10.5 Å². The Hall–Kier alpha value is -2.70. The molecule has 4 N–H and O–H groups in total. The first-order valence-corrected chi connectivity index (χ1v) is 4.63. The zero-order chi connectivity index (χ0) is 12.6. The first kappa shape index (κ1) is 10.8. The van der Waals surface area contributed by atoms with Crippen molar-refractivity contribution < 1.29 is 9.72 Å². The van der Waals surface area contributed by atoms with Gasteiger partial charge in [0.15, 0.2) is 0 Å². The minimum absolute atomic E-state index is 0.0128. The van der Waals surface area contributed by atoms with E-state index in [1.54, 1.807) is 0 Å². The number of fused-ring (bicyclic) bond motifs is 1. The second-order valence-corrected chi connectivity index (χ2v) is 3.41. The molecule has 2 rings (SSSR count). The van der Waals surface area contributed by atoms with Gasteiger partial charge in [-0.2, -0.15) is 0 Å². The van der Waals surface area contributed by atoms with Gasteiger partial charge in [-0.05, 0) is 6.07 Å². The molecule has 2 aromatic rings. The van der Waals surface area contributed by atoms with Gasteiger partial charge < -0.3 is 11.5 Å². The van der Waals surface area contributed by atoms with Gasteiger partial charge in [-0.3, -0.25) is 14.9 Å². The summed E-state index contributed by atoms with van der Waals surface area (Å²) in [6.45, 7) is 0. The van der Waals surface area contributed by atoms with Gasteiger partial charge in [-0.1, -0.05) is 0 Å². The van der Waals surface area contributed by atoms with Crippen LogP contribution in [0.1, 0.15) is 10.4 Å². The summed E-state index contributed by atoms with van der Waals surface area (Å²) in [5.74, 6) is -0.701. The summed E-state index contributed by atoms with van der Waals surface area (Å²) in [4.78, 5) is 25.1. The summed E-state index contributed by atoms with van der Waals surface area (Å²) in [6.07, 6.45) is 1.37. The molecule has 1 aromatic carbocycles. The maximum absolute atomic E-state index is 11.2. The Morgan fingerprint density at radius 2 is 2.12 bits per heavy atom. The zero-order valence-electron chi connectivity index (χ0n) is 8.58. The van der Waals surface area contributed by atoms with E-state index in [-0.39, 0.29) is 17.1 Å². The summed E-state index contributed by atoms with van der Waals surface area (Å²) in [7, 11) is 0. The van der Waals surface area contributed by atoms with Crippen LogP contribution in [0.4, 0.5) is 11.5 Å². The molecule has 7 nitrogen and oxygen atoms in total. The lowest BCUT2D eigenvalue weighted by molar-refractivity contribution is -0.384. The largest absolute Gasteiger partial charge is 0.383 e. The quantitative estimate of drug-likeness (QED) is 0.585. The summed E-state index contributed by atoms with van der Waals surface area (Å²) in [6, 6.07) is 4.04. The number of hydrogen-bond donors (Lipinski definition) is 2. The number of primary amides is 1. The molecular weight excluding hydrogens is 224 g/mol. The molecule has 0 aliphatic heterocycles. The molecule has 0 saturated heterocycles. The number of pyridine rings is 1. The number of nitrogens with zero attached hydrogens (tertiary/aromatic N) is 2. The summed E-state index contributed by atoms with van der Waals surface area (Å²) < 4.78 is 0. The molecule has 0 bridgehead atoms. The van der Waals surface area contributed by atoms with Gasteiger partial charge in [0.1, 0.15) is 5.82 Å². The molecule has 0 aliphatic rings. The van der Waals surface area contributed by atoms with E-state index in [0.29, 0.717) is 10.8 Å². The van der Waals surface area contributed by atoms with Gasteiger partial charge in [-0.25, -0.2) is 4.98 Å². The van der Waals surface area contributed by atoms with E-state index in [1.807, 2.05) is 0 Å². The molecule has 0 saturated carbocycles. The van der Waals surface area contributed by atoms with Crippen LogP contribution in [0.15, 0.2) is 24.4 Å². The molecule has 7 heteroatoms. The van der Waals surface area contributed by atoms with Gasteiger partial charge >= 0.3 is 0 Å². The fourth-order valence-electron chi connectivity index (χ4n) is 1.60. The fourth-order valence-corrected chi connectivity index (χ4v) is 1.60. The van der Waals surface area contributed by atoms with Crippen LogP contribution in [0.25, 0.3) is 10.8 Å². The van der Waals surface area contributed by atoms with E-state index < -0.39 is 10.8 Å². The van der Waals surface area contributed by atoms with Crippen LogP contribution < -0.4 is 11.5 Å². The number of nitrogen functional groups attached to an aromatic ring is 1. The fraction of sp³-hybridized carbons (Fsp3) is 0. The molecule has 0 spiro atoms. The first-order valence-electron chi connectivity index (χ1n) is 4.63. The monoisotopic (exact) mass is 232 g/mol. The molecule has 86 valence electrons. The Morgan fingerprint density at radius 3 is 2.71 bits per heavy atom. The van der Waals surface area contributed by atoms with Crippen LogP contribution in [0.5, 0.6) is 0 Å². The average Bonchev–Trinajstić information content (AvgIpc) is 2.27. The molecule has 0 aliphatic carbocycles. The van der Waals surface area contributed by atoms with Crippen molar-refractivity contribution in [3.8, 4) is 0 Å². The number of benzene rings is 1. The predicted octanol–water partition coefficient (Wildman–Crippen LogP) is 0.824. The van der Waals surface area contributed by atoms with E-state index in [2.05, 4.69) is 4.98 Å². The molecular formula is C10H8N4O3. The number of amides is 1. The van der Waals surface area contributed by atoms with Crippen molar-refractivity contribution in [1.82, 2.24) is 4.98 Å². The van der Waals surface area contributed by atoms with E-state index >= 15 is 0 Å². The third kappa shape index (κ3) is 1.73. The number of nitro groups is 1. The van der Waals surface area contributed by atoms with Crippen LogP contribution in [0.2, 0.25) is 0 Å². The predicted molar refractivity (Wildman–Crippen MR) is 61.3 cm³/mol. The summed E-state index contributed by atoms with van der Waals surface area (Å²) in [5.41, 5.74) is 10.7. The minimum atomic E-state index is -0.713. The van der Waals surface area contributed by atoms with E-state index in [0.717, 1.165) is 0 Å². The Balaban J connectivity index is 2.79. The van der Waals surface area contributed by atoms with Crippen molar-refractivity contribution in [2.75, 3.05) is 5.73 Å². The summed E-state index contributed by atoms with van der Waals surface area (Å²) in [5, 5.41) is 11.5. The molecule has 0 radical (unpaired) electrons. The van der Waals surface area contributed by atoms with Crippen LogP contribution >= 0.6 is 0 Å². The molecule has 1 amide bonds. The normalized spacial score (nSPS) is 10.4. The van der Waals surface area contributed by atoms with Gasteiger partial charge in [-0.15, -0.1) is 0 Å². The van der Waals surface area contributed by atoms with Gasteiger partial charge in [0, 0.05) is 29.1 Å². The second kappa shape index (κ2) is 3.71. The lowest BCUT2D eigenvalue weighted by Crippen LogP contribution is -2.15. The molecule has 1 aromatic heterocycles. The number of anilines is 1. The highest BCUT2D eigenvalue weighted by Crippen LogP contribution is 2.25. The van der Waals surface area contributed by atoms with Crippen molar-refractivity contribution in [2.24, 2.45) is 5.73 Å². The number of aromatic nitrogens is 1. The van der Waals surface area contributed by atoms with E-state index in [9.17, 15) is 14.9 Å². The Bertz CT molecular complexity index is 639. The van der Waals surface area contributed by atoms with E-state index in [4.69, 9.17) is 11.5 Å². The number of nitrogens with two attached hydrogens (primary N) is 2. The van der Waals surface area contributed by atoms with Crippen molar-refractivity contribution in [3.63, 3.8) is 0 Å². The van der Waals surface area contributed by atoms with Gasteiger partial charge in [0.25, 0.3) is 11.6 Å². The maximum atomic E-state index is 11.2. The minimum Gasteiger partial charge on any atom is -0.383 e. The highest BCUT2D eigenvalue weighted by molar-refractivity contribution is 6.09. The SMILES string of the molecule is NC(=O)c1c(N)ncc2cc([N+](=O)[O-])ccc12. The third-order valence-corrected chi connectivity index (χ3v) is 2.36. The van der Waals surface area contributed by atoms with Crippen molar-refractivity contribution >= 4 is 28.2 Å². The number of rotatable bonds is 2. The Labute approximate surface area is 95.2 Å². The number of nitro benzene ring substituents is 1. The number of hydrogen-bond acceptors (Lipinski definition) is 5. The number of non-ortho nitro benzene ring substituents is 1. The van der Waals surface area contributed by atoms with Crippen molar-refractivity contribution in [2.45, 2.75) is 0 Å². The molecule has 0 atom stereocenters. The van der Waals surface area contributed by atoms with E-state index in [1.165, 1.54) is 24.4 Å². The van der Waals surface area contributed by atoms with Crippen LogP contribution in [-0.2, 0) is 0 Å². The zero-order valence-corrected chi connectivity index (χ0v) is 8.58. The third-order valence-electron chi connectivity index (χ3n) is 2.36. The smallest absolute Gasteiger partial charge is 0.270 e. The lowest BCUT2D eigenvalue weighted by Gasteiger charge is -2.05. The maximum Gasteiger partial charge on any atom is 0.270 e. The number of carbonyl (C=O) groups excluding carboxylic acids is 1. The molecule has 17 heavy (non-hydrogen) atoms. The average molecular weight is 232 g/mol. The molecule has 0 unspecified atom stereocenters. The lowest BCUT2D eigenvalue weighted by atomic mass is 10.1. The Morgan fingerprint density at radius 1 is 1.41 bits per heavy atom. The van der Waals surface area contributed by atoms with Crippen LogP contribution in [0.3, 0.4) is 0 Å². The molecule has 1 heterocycles. The Kier molecular flexibility index (Phi) is 2.36. The topological polar surface area (TPSA) is 125 Å². The highest BCUT2D eigenvalue weighted by Gasteiger charge is 2.14. The first-order chi connectivity index (χ1) is 8.00. The van der Waals surface area contributed by atoms with Crippen molar-refractivity contribution in [1.29, 1.82) is 0 Å². The van der Waals surface area contributed by atoms with Crippen molar-refractivity contribution in [3.05, 3.63) is 40.1 Å². The van der Waals surface area contributed by atoms with Crippen LogP contribution in [-0.4, -0.2) is 15.8 Å².